The van der Waals surface area contributed by atoms with Crippen molar-refractivity contribution >= 4 is 34.8 Å². The Balaban J connectivity index is 1.51. The topological polar surface area (TPSA) is 88.7 Å². The van der Waals surface area contributed by atoms with Crippen LogP contribution >= 0.6 is 12.2 Å². The van der Waals surface area contributed by atoms with E-state index in [1.165, 1.54) is 0 Å². The van der Waals surface area contributed by atoms with Crippen LogP contribution < -0.4 is 20.7 Å². The second-order valence-electron chi connectivity index (χ2n) is 7.20. The van der Waals surface area contributed by atoms with Gasteiger partial charge in [-0.25, -0.2) is 0 Å². The molecule has 0 aliphatic carbocycles. The van der Waals surface area contributed by atoms with E-state index in [2.05, 4.69) is 16.0 Å². The summed E-state index contributed by atoms with van der Waals surface area (Å²) in [6.07, 6.45) is 0. The minimum atomic E-state index is -0.388. The number of ether oxygens (including phenoxy) is 2. The normalized spacial score (nSPS) is 10.3. The summed E-state index contributed by atoms with van der Waals surface area (Å²) in [5.41, 5.74) is 2.56. The van der Waals surface area contributed by atoms with E-state index in [1.807, 2.05) is 37.3 Å². The summed E-state index contributed by atoms with van der Waals surface area (Å²) >= 11 is 5.27. The minimum Gasteiger partial charge on any atom is -0.490 e. The number of anilines is 1. The van der Waals surface area contributed by atoms with E-state index in [0.717, 1.165) is 5.56 Å². The van der Waals surface area contributed by atoms with Crippen molar-refractivity contribution in [2.75, 3.05) is 25.1 Å². The van der Waals surface area contributed by atoms with Crippen LogP contribution in [0.4, 0.5) is 5.69 Å². The van der Waals surface area contributed by atoms with E-state index < -0.39 is 0 Å². The summed E-state index contributed by atoms with van der Waals surface area (Å²) in [6, 6.07) is 23.4. The van der Waals surface area contributed by atoms with E-state index in [1.54, 1.807) is 48.5 Å². The Morgan fingerprint density at radius 2 is 1.56 bits per heavy atom. The van der Waals surface area contributed by atoms with Crippen LogP contribution in [0, 0.1) is 0 Å². The maximum atomic E-state index is 12.7. The van der Waals surface area contributed by atoms with Crippen molar-refractivity contribution in [3.63, 3.8) is 0 Å². The first-order valence-electron chi connectivity index (χ1n) is 10.9. The molecular weight excluding hydrogens is 450 g/mol. The number of nitrogens with one attached hydrogen (secondary N) is 3. The fraction of sp³-hybridized carbons (Fsp3) is 0.192. The number of hydrogen-bond acceptors (Lipinski definition) is 5. The Bertz CT molecular complexity index is 1100. The maximum Gasteiger partial charge on any atom is 0.261 e. The van der Waals surface area contributed by atoms with Crippen molar-refractivity contribution in [3.8, 4) is 5.75 Å². The lowest BCUT2D eigenvalue weighted by Gasteiger charge is -2.13. The molecule has 0 unspecified atom stereocenters. The quantitative estimate of drug-likeness (QED) is 0.300. The van der Waals surface area contributed by atoms with Gasteiger partial charge >= 0.3 is 0 Å². The Morgan fingerprint density at radius 3 is 2.29 bits per heavy atom. The van der Waals surface area contributed by atoms with Gasteiger partial charge in [0.1, 0.15) is 12.4 Å². The Morgan fingerprint density at radius 1 is 0.853 bits per heavy atom. The Kier molecular flexibility index (Phi) is 9.57. The first kappa shape index (κ1) is 24.9. The van der Waals surface area contributed by atoms with Gasteiger partial charge in [-0.2, -0.15) is 0 Å². The van der Waals surface area contributed by atoms with E-state index >= 15 is 0 Å². The predicted molar refractivity (Wildman–Crippen MR) is 136 cm³/mol. The van der Waals surface area contributed by atoms with Gasteiger partial charge in [-0.05, 0) is 61.1 Å². The van der Waals surface area contributed by atoms with Gasteiger partial charge in [0.05, 0.1) is 12.2 Å². The monoisotopic (exact) mass is 477 g/mol. The Hall–Kier alpha value is -3.75. The molecule has 7 nitrogen and oxygen atoms in total. The van der Waals surface area contributed by atoms with Crippen molar-refractivity contribution in [1.82, 2.24) is 10.6 Å². The average molecular weight is 478 g/mol. The molecule has 0 spiro atoms. The molecule has 0 heterocycles. The molecule has 3 aromatic carbocycles. The molecule has 34 heavy (non-hydrogen) atoms. The molecule has 0 aliphatic rings. The SMILES string of the molecule is CCOCCOc1ccccc1C(=O)NC(=S)Nc1ccc(C(=O)NCc2ccccc2)cc1. The number of thiocarbonyl (C=S) groups is 1. The van der Waals surface area contributed by atoms with Crippen molar-refractivity contribution in [2.24, 2.45) is 0 Å². The number of carbonyl (C=O) groups is 2. The third kappa shape index (κ3) is 7.68. The third-order valence-corrected chi connectivity index (χ3v) is 4.95. The largest absolute Gasteiger partial charge is 0.490 e. The minimum absolute atomic E-state index is 0.135. The molecule has 0 aromatic heterocycles. The molecule has 3 aromatic rings. The van der Waals surface area contributed by atoms with Crippen LogP contribution in [0.25, 0.3) is 0 Å². The number of amides is 2. The molecule has 0 fully saturated rings. The summed E-state index contributed by atoms with van der Waals surface area (Å²) < 4.78 is 10.9. The van der Waals surface area contributed by atoms with Crippen LogP contribution in [0.15, 0.2) is 78.9 Å². The smallest absolute Gasteiger partial charge is 0.261 e. The van der Waals surface area contributed by atoms with Gasteiger partial charge in [-0.1, -0.05) is 42.5 Å². The average Bonchev–Trinajstić information content (AvgIpc) is 2.86. The predicted octanol–water partition coefficient (Wildman–Crippen LogP) is 4.16. The molecule has 0 bridgehead atoms. The van der Waals surface area contributed by atoms with Gasteiger partial charge in [0.15, 0.2) is 5.11 Å². The number of para-hydroxylation sites is 1. The fourth-order valence-corrected chi connectivity index (χ4v) is 3.26. The van der Waals surface area contributed by atoms with E-state index in [9.17, 15) is 9.59 Å². The molecular formula is C26H27N3O4S. The zero-order chi connectivity index (χ0) is 24.2. The summed E-state index contributed by atoms with van der Waals surface area (Å²) in [5, 5.41) is 8.63. The Labute approximate surface area is 204 Å². The zero-order valence-corrected chi connectivity index (χ0v) is 19.7. The molecule has 8 heteroatoms. The van der Waals surface area contributed by atoms with Crippen molar-refractivity contribution < 1.29 is 19.1 Å². The van der Waals surface area contributed by atoms with Gasteiger partial charge in [0.2, 0.25) is 0 Å². The van der Waals surface area contributed by atoms with Crippen LogP contribution in [0.5, 0.6) is 5.75 Å². The summed E-state index contributed by atoms with van der Waals surface area (Å²) in [4.78, 5) is 25.0. The summed E-state index contributed by atoms with van der Waals surface area (Å²) in [7, 11) is 0. The van der Waals surface area contributed by atoms with Gasteiger partial charge < -0.3 is 20.1 Å². The van der Waals surface area contributed by atoms with Crippen molar-refractivity contribution in [3.05, 3.63) is 95.6 Å². The lowest BCUT2D eigenvalue weighted by atomic mass is 10.1. The second kappa shape index (κ2) is 13.1. The van der Waals surface area contributed by atoms with Crippen LogP contribution in [-0.4, -0.2) is 36.7 Å². The number of benzene rings is 3. The molecule has 0 saturated carbocycles. The van der Waals surface area contributed by atoms with Gasteiger partial charge in [0, 0.05) is 24.4 Å². The van der Waals surface area contributed by atoms with E-state index in [-0.39, 0.29) is 16.9 Å². The molecule has 0 saturated heterocycles. The molecule has 0 aliphatic heterocycles. The first-order valence-corrected chi connectivity index (χ1v) is 11.3. The molecule has 176 valence electrons. The van der Waals surface area contributed by atoms with Gasteiger partial charge in [0.25, 0.3) is 11.8 Å². The van der Waals surface area contributed by atoms with Crippen LogP contribution in [-0.2, 0) is 11.3 Å². The maximum absolute atomic E-state index is 12.7. The third-order valence-electron chi connectivity index (χ3n) is 4.75. The number of hydrogen-bond donors (Lipinski definition) is 3. The zero-order valence-electron chi connectivity index (χ0n) is 18.9. The van der Waals surface area contributed by atoms with E-state index in [4.69, 9.17) is 21.7 Å². The highest BCUT2D eigenvalue weighted by Gasteiger charge is 2.14. The highest BCUT2D eigenvalue weighted by Crippen LogP contribution is 2.18. The standard InChI is InChI=1S/C26H27N3O4S/c1-2-32-16-17-33-23-11-7-6-10-22(23)25(31)29-26(34)28-21-14-12-20(13-15-21)24(30)27-18-19-8-4-3-5-9-19/h3-15H,2,16-18H2,1H3,(H,27,30)(H2,28,29,31,34). The second-order valence-corrected chi connectivity index (χ2v) is 7.60. The summed E-state index contributed by atoms with van der Waals surface area (Å²) in [5.74, 6) is -0.109. The lowest BCUT2D eigenvalue weighted by Crippen LogP contribution is -2.34. The summed E-state index contributed by atoms with van der Waals surface area (Å²) in [6.45, 7) is 3.74. The molecule has 0 atom stereocenters. The van der Waals surface area contributed by atoms with Crippen LogP contribution in [0.1, 0.15) is 33.2 Å². The van der Waals surface area contributed by atoms with E-state index in [0.29, 0.717) is 48.9 Å². The van der Waals surface area contributed by atoms with Crippen molar-refractivity contribution in [1.29, 1.82) is 0 Å². The lowest BCUT2D eigenvalue weighted by molar-refractivity contribution is 0.0946. The highest BCUT2D eigenvalue weighted by atomic mass is 32.1. The highest BCUT2D eigenvalue weighted by molar-refractivity contribution is 7.80. The first-order chi connectivity index (χ1) is 16.6. The van der Waals surface area contributed by atoms with Crippen LogP contribution in [0.3, 0.4) is 0 Å². The molecule has 0 radical (unpaired) electrons. The molecule has 3 rings (SSSR count). The molecule has 2 amide bonds. The van der Waals surface area contributed by atoms with Crippen molar-refractivity contribution in [2.45, 2.75) is 13.5 Å². The molecule has 3 N–H and O–H groups in total. The van der Waals surface area contributed by atoms with Gasteiger partial charge in [-0.15, -0.1) is 0 Å². The van der Waals surface area contributed by atoms with Gasteiger partial charge in [-0.3, -0.25) is 14.9 Å². The number of rotatable bonds is 10. The number of carbonyl (C=O) groups excluding carboxylic acids is 2. The van der Waals surface area contributed by atoms with Crippen LogP contribution in [0.2, 0.25) is 0 Å². The fourth-order valence-electron chi connectivity index (χ4n) is 3.05.